The molecule has 19 heavy (non-hydrogen) atoms. The molecule has 3 fully saturated rings. The largest absolute Gasteiger partial charge is 0.342 e. The van der Waals surface area contributed by atoms with Crippen LogP contribution in [0.4, 0.5) is 0 Å². The summed E-state index contributed by atoms with van der Waals surface area (Å²) >= 11 is 0. The molecular formula is C15H24N2O2. The van der Waals surface area contributed by atoms with Crippen molar-refractivity contribution in [2.75, 3.05) is 6.54 Å². The second kappa shape index (κ2) is 4.80. The molecule has 4 heteroatoms. The maximum atomic E-state index is 12.7. The molecule has 3 atom stereocenters. The number of nitrogens with one attached hydrogen (secondary N) is 1. The van der Waals surface area contributed by atoms with Gasteiger partial charge in [0.15, 0.2) is 0 Å². The van der Waals surface area contributed by atoms with Crippen molar-refractivity contribution in [3.8, 4) is 0 Å². The topological polar surface area (TPSA) is 49.4 Å². The minimum Gasteiger partial charge on any atom is -0.342 e. The lowest BCUT2D eigenvalue weighted by Gasteiger charge is -2.41. The molecule has 3 aliphatic rings. The zero-order valence-electron chi connectivity index (χ0n) is 11.9. The Labute approximate surface area is 114 Å². The van der Waals surface area contributed by atoms with Crippen LogP contribution >= 0.6 is 0 Å². The van der Waals surface area contributed by atoms with Crippen LogP contribution in [0.1, 0.15) is 46.0 Å². The summed E-state index contributed by atoms with van der Waals surface area (Å²) in [5.74, 6) is 1.54. The van der Waals surface area contributed by atoms with E-state index in [1.54, 1.807) is 0 Å². The first kappa shape index (κ1) is 12.9. The van der Waals surface area contributed by atoms with Crippen molar-refractivity contribution in [2.24, 2.45) is 17.8 Å². The average Bonchev–Trinajstić information content (AvgIpc) is 3.25. The Morgan fingerprint density at radius 2 is 1.95 bits per heavy atom. The number of hydrogen-bond donors (Lipinski definition) is 1. The van der Waals surface area contributed by atoms with E-state index in [9.17, 15) is 9.59 Å². The predicted molar refractivity (Wildman–Crippen MR) is 72.3 cm³/mol. The van der Waals surface area contributed by atoms with Crippen molar-refractivity contribution in [1.82, 2.24) is 10.2 Å². The molecule has 0 aromatic heterocycles. The fourth-order valence-corrected chi connectivity index (χ4v) is 3.04. The van der Waals surface area contributed by atoms with Gasteiger partial charge in [0.05, 0.1) is 0 Å². The smallest absolute Gasteiger partial charge is 0.246 e. The monoisotopic (exact) mass is 264 g/mol. The maximum absolute atomic E-state index is 12.7. The second-order valence-corrected chi connectivity index (χ2v) is 6.59. The first-order valence-corrected chi connectivity index (χ1v) is 7.72. The third-order valence-corrected chi connectivity index (χ3v) is 4.88. The van der Waals surface area contributed by atoms with Gasteiger partial charge in [-0.3, -0.25) is 9.59 Å². The van der Waals surface area contributed by atoms with Crippen LogP contribution in [-0.4, -0.2) is 35.3 Å². The Hall–Kier alpha value is -1.06. The van der Waals surface area contributed by atoms with Crippen LogP contribution in [0.3, 0.4) is 0 Å². The molecule has 2 aliphatic carbocycles. The molecule has 1 aliphatic heterocycles. The Morgan fingerprint density at radius 1 is 1.26 bits per heavy atom. The van der Waals surface area contributed by atoms with Gasteiger partial charge >= 0.3 is 0 Å². The molecule has 1 heterocycles. The van der Waals surface area contributed by atoms with Crippen LogP contribution in [-0.2, 0) is 9.59 Å². The fourth-order valence-electron chi connectivity index (χ4n) is 3.04. The minimum atomic E-state index is -0.300. The van der Waals surface area contributed by atoms with Crippen molar-refractivity contribution < 1.29 is 9.59 Å². The first-order valence-electron chi connectivity index (χ1n) is 7.72. The van der Waals surface area contributed by atoms with Crippen LogP contribution in [0.25, 0.3) is 0 Å². The molecule has 0 aromatic carbocycles. The van der Waals surface area contributed by atoms with E-state index in [1.165, 1.54) is 12.8 Å². The quantitative estimate of drug-likeness (QED) is 0.819. The molecule has 2 amide bonds. The lowest BCUT2D eigenvalue weighted by Crippen LogP contribution is -2.65. The summed E-state index contributed by atoms with van der Waals surface area (Å²) in [7, 11) is 0. The summed E-state index contributed by atoms with van der Waals surface area (Å²) < 4.78 is 0. The van der Waals surface area contributed by atoms with Gasteiger partial charge in [-0.25, -0.2) is 0 Å². The lowest BCUT2D eigenvalue weighted by atomic mass is 9.93. The molecule has 1 N–H and O–H groups in total. The third kappa shape index (κ3) is 2.49. The summed E-state index contributed by atoms with van der Waals surface area (Å²) in [4.78, 5) is 27.0. The zero-order valence-corrected chi connectivity index (χ0v) is 11.9. The summed E-state index contributed by atoms with van der Waals surface area (Å²) in [6, 6.07) is -0.473. The van der Waals surface area contributed by atoms with Gasteiger partial charge in [0.2, 0.25) is 11.8 Å². The van der Waals surface area contributed by atoms with Gasteiger partial charge < -0.3 is 10.2 Å². The number of rotatable bonds is 5. The van der Waals surface area contributed by atoms with E-state index in [4.69, 9.17) is 0 Å². The molecule has 2 saturated carbocycles. The van der Waals surface area contributed by atoms with Crippen molar-refractivity contribution >= 4 is 11.8 Å². The molecule has 0 aromatic rings. The first-order chi connectivity index (χ1) is 9.11. The van der Waals surface area contributed by atoms with E-state index in [1.807, 2.05) is 4.90 Å². The van der Waals surface area contributed by atoms with Crippen molar-refractivity contribution in [2.45, 2.75) is 58.0 Å². The number of amides is 2. The average molecular weight is 264 g/mol. The normalized spacial score (nSPS) is 33.3. The van der Waals surface area contributed by atoms with Crippen LogP contribution in [0, 0.1) is 17.8 Å². The maximum Gasteiger partial charge on any atom is 0.246 e. The third-order valence-electron chi connectivity index (χ3n) is 4.88. The van der Waals surface area contributed by atoms with Gasteiger partial charge in [-0.05, 0) is 43.4 Å². The van der Waals surface area contributed by atoms with Gasteiger partial charge in [0, 0.05) is 6.54 Å². The van der Waals surface area contributed by atoms with E-state index in [0.29, 0.717) is 11.8 Å². The molecule has 0 bridgehead atoms. The SMILES string of the molecule is CCC(C)C1NC(=O)C(C2CC2)N(CC2CC2)C1=O. The Morgan fingerprint density at radius 3 is 2.47 bits per heavy atom. The van der Waals surface area contributed by atoms with Gasteiger partial charge in [0.1, 0.15) is 12.1 Å². The number of hydrogen-bond acceptors (Lipinski definition) is 2. The predicted octanol–water partition coefficient (Wildman–Crippen LogP) is 1.55. The number of carbonyl (C=O) groups is 2. The Bertz CT molecular complexity index is 388. The highest BCUT2D eigenvalue weighted by Crippen LogP contribution is 2.40. The summed E-state index contributed by atoms with van der Waals surface area (Å²) in [6.45, 7) is 4.93. The van der Waals surface area contributed by atoms with E-state index >= 15 is 0 Å². The Kier molecular flexibility index (Phi) is 3.27. The number of piperazine rings is 1. The zero-order chi connectivity index (χ0) is 13.6. The molecule has 1 saturated heterocycles. The molecular weight excluding hydrogens is 240 g/mol. The molecule has 3 unspecified atom stereocenters. The highest BCUT2D eigenvalue weighted by atomic mass is 16.2. The minimum absolute atomic E-state index is 0.0908. The molecule has 0 spiro atoms. The second-order valence-electron chi connectivity index (χ2n) is 6.59. The van der Waals surface area contributed by atoms with Gasteiger partial charge in [-0.1, -0.05) is 20.3 Å². The summed E-state index contributed by atoms with van der Waals surface area (Å²) in [6.07, 6.45) is 5.55. The molecule has 4 nitrogen and oxygen atoms in total. The molecule has 106 valence electrons. The van der Waals surface area contributed by atoms with Gasteiger partial charge in [-0.2, -0.15) is 0 Å². The summed E-state index contributed by atoms with van der Waals surface area (Å²) in [5, 5.41) is 2.98. The Balaban J connectivity index is 1.79. The van der Waals surface area contributed by atoms with E-state index in [0.717, 1.165) is 25.8 Å². The molecule has 3 rings (SSSR count). The van der Waals surface area contributed by atoms with Crippen LogP contribution in [0.2, 0.25) is 0 Å². The number of nitrogens with zero attached hydrogens (tertiary/aromatic N) is 1. The van der Waals surface area contributed by atoms with Crippen molar-refractivity contribution in [3.63, 3.8) is 0 Å². The van der Waals surface area contributed by atoms with Crippen LogP contribution < -0.4 is 5.32 Å². The van der Waals surface area contributed by atoms with Gasteiger partial charge in [-0.15, -0.1) is 0 Å². The van der Waals surface area contributed by atoms with Crippen molar-refractivity contribution in [3.05, 3.63) is 0 Å². The van der Waals surface area contributed by atoms with E-state index < -0.39 is 0 Å². The van der Waals surface area contributed by atoms with Crippen molar-refractivity contribution in [1.29, 1.82) is 0 Å². The van der Waals surface area contributed by atoms with Gasteiger partial charge in [0.25, 0.3) is 0 Å². The summed E-state index contributed by atoms with van der Waals surface area (Å²) in [5.41, 5.74) is 0. The van der Waals surface area contributed by atoms with Crippen LogP contribution in [0.5, 0.6) is 0 Å². The number of carbonyl (C=O) groups excluding carboxylic acids is 2. The molecule has 0 radical (unpaired) electrons. The van der Waals surface area contributed by atoms with Crippen LogP contribution in [0.15, 0.2) is 0 Å². The highest BCUT2D eigenvalue weighted by Gasteiger charge is 2.49. The lowest BCUT2D eigenvalue weighted by molar-refractivity contribution is -0.152. The van der Waals surface area contributed by atoms with E-state index in [-0.39, 0.29) is 29.8 Å². The standard InChI is InChI=1S/C15H24N2O2/c1-3-9(2)12-15(19)17(8-10-4-5-10)13(11-6-7-11)14(18)16-12/h9-13H,3-8H2,1-2H3,(H,16,18). The fraction of sp³-hybridized carbons (Fsp3) is 0.867. The van der Waals surface area contributed by atoms with E-state index in [2.05, 4.69) is 19.2 Å². The highest BCUT2D eigenvalue weighted by molar-refractivity contribution is 5.97.